The molecule has 1 fully saturated rings. The van der Waals surface area contributed by atoms with Crippen molar-refractivity contribution in [3.8, 4) is 0 Å². The molecule has 2 heterocycles. The molecule has 148 valence electrons. The molecule has 1 aliphatic heterocycles. The van der Waals surface area contributed by atoms with Crippen molar-refractivity contribution in [1.82, 2.24) is 14.6 Å². The molecular weight excluding hydrogens is 380 g/mol. The van der Waals surface area contributed by atoms with Crippen LogP contribution in [0, 0.1) is 0 Å². The summed E-state index contributed by atoms with van der Waals surface area (Å²) >= 11 is 0. The summed E-state index contributed by atoms with van der Waals surface area (Å²) in [4.78, 5) is 27.4. The molecule has 8 nitrogen and oxygen atoms in total. The van der Waals surface area contributed by atoms with Gasteiger partial charge in [0.2, 0.25) is 15.9 Å². The van der Waals surface area contributed by atoms with Crippen LogP contribution in [0.4, 0.5) is 5.69 Å². The van der Waals surface area contributed by atoms with Crippen LogP contribution in [0.1, 0.15) is 30.1 Å². The lowest BCUT2D eigenvalue weighted by Crippen LogP contribution is -2.46. The molecular formula is C19H22N4O4S. The maximum Gasteiger partial charge on any atom is 0.251 e. The Hall–Kier alpha value is -2.78. The molecule has 1 saturated heterocycles. The van der Waals surface area contributed by atoms with Crippen LogP contribution in [-0.4, -0.2) is 48.7 Å². The SMILES string of the molecule is CC(=O)Nc1ccc(S(=O)(=O)N2CCC(NC(=O)c3ccncc3)CC2)cc1. The van der Waals surface area contributed by atoms with Gasteiger partial charge in [-0.3, -0.25) is 14.6 Å². The Kier molecular flexibility index (Phi) is 6.05. The van der Waals surface area contributed by atoms with E-state index in [1.54, 1.807) is 36.7 Å². The predicted octanol–water partition coefficient (Wildman–Crippen LogP) is 1.62. The number of sulfonamides is 1. The van der Waals surface area contributed by atoms with Gasteiger partial charge < -0.3 is 10.6 Å². The highest BCUT2D eigenvalue weighted by atomic mass is 32.2. The molecule has 28 heavy (non-hydrogen) atoms. The third kappa shape index (κ3) is 4.73. The van der Waals surface area contributed by atoms with Gasteiger partial charge in [0.1, 0.15) is 0 Å². The zero-order chi connectivity index (χ0) is 20.1. The smallest absolute Gasteiger partial charge is 0.251 e. The Morgan fingerprint density at radius 3 is 2.21 bits per heavy atom. The highest BCUT2D eigenvalue weighted by Crippen LogP contribution is 2.22. The number of carbonyl (C=O) groups is 2. The Morgan fingerprint density at radius 1 is 1.04 bits per heavy atom. The summed E-state index contributed by atoms with van der Waals surface area (Å²) in [5, 5.41) is 5.55. The van der Waals surface area contributed by atoms with Gasteiger partial charge in [-0.25, -0.2) is 8.42 Å². The number of hydrogen-bond acceptors (Lipinski definition) is 5. The van der Waals surface area contributed by atoms with Crippen LogP contribution in [0.15, 0.2) is 53.7 Å². The Labute approximate surface area is 164 Å². The minimum Gasteiger partial charge on any atom is -0.349 e. The Balaban J connectivity index is 1.59. The van der Waals surface area contributed by atoms with E-state index in [0.717, 1.165) is 0 Å². The van der Waals surface area contributed by atoms with E-state index in [1.807, 2.05) is 0 Å². The molecule has 0 unspecified atom stereocenters. The molecule has 0 aliphatic carbocycles. The summed E-state index contributed by atoms with van der Waals surface area (Å²) in [5.41, 5.74) is 1.08. The second-order valence-electron chi connectivity index (χ2n) is 6.59. The highest BCUT2D eigenvalue weighted by Gasteiger charge is 2.30. The number of nitrogens with zero attached hydrogens (tertiary/aromatic N) is 2. The molecule has 9 heteroatoms. The molecule has 2 N–H and O–H groups in total. The Morgan fingerprint density at radius 2 is 1.64 bits per heavy atom. The minimum absolute atomic E-state index is 0.0748. The monoisotopic (exact) mass is 402 g/mol. The average molecular weight is 402 g/mol. The first-order valence-electron chi connectivity index (χ1n) is 8.95. The fourth-order valence-corrected chi connectivity index (χ4v) is 4.54. The number of piperidine rings is 1. The van der Waals surface area contributed by atoms with Gasteiger partial charge in [0.05, 0.1) is 4.90 Å². The van der Waals surface area contributed by atoms with Crippen molar-refractivity contribution in [2.75, 3.05) is 18.4 Å². The van der Waals surface area contributed by atoms with Crippen molar-refractivity contribution < 1.29 is 18.0 Å². The van der Waals surface area contributed by atoms with Gasteiger partial charge in [-0.15, -0.1) is 0 Å². The van der Waals surface area contributed by atoms with Crippen LogP contribution in [-0.2, 0) is 14.8 Å². The van der Waals surface area contributed by atoms with E-state index in [0.29, 0.717) is 37.2 Å². The molecule has 2 amide bonds. The van der Waals surface area contributed by atoms with Crippen LogP contribution in [0.5, 0.6) is 0 Å². The van der Waals surface area contributed by atoms with Crippen molar-refractivity contribution in [2.24, 2.45) is 0 Å². The van der Waals surface area contributed by atoms with Gasteiger partial charge >= 0.3 is 0 Å². The summed E-state index contributed by atoms with van der Waals surface area (Å²) in [5.74, 6) is -0.399. The fourth-order valence-electron chi connectivity index (χ4n) is 3.08. The molecule has 0 atom stereocenters. The van der Waals surface area contributed by atoms with Gasteiger partial charge in [-0.2, -0.15) is 4.31 Å². The van der Waals surface area contributed by atoms with Crippen molar-refractivity contribution >= 4 is 27.5 Å². The van der Waals surface area contributed by atoms with Crippen molar-refractivity contribution in [3.63, 3.8) is 0 Å². The third-order valence-electron chi connectivity index (χ3n) is 4.54. The molecule has 3 rings (SSSR count). The number of amides is 2. The molecule has 0 radical (unpaired) electrons. The number of anilines is 1. The van der Waals surface area contributed by atoms with Crippen molar-refractivity contribution in [1.29, 1.82) is 0 Å². The summed E-state index contributed by atoms with van der Waals surface area (Å²) in [6.07, 6.45) is 4.20. The molecule has 1 aromatic carbocycles. The number of nitrogens with one attached hydrogen (secondary N) is 2. The van der Waals surface area contributed by atoms with E-state index in [-0.39, 0.29) is 22.8 Å². The van der Waals surface area contributed by atoms with Gasteiger partial charge in [0.25, 0.3) is 5.91 Å². The van der Waals surface area contributed by atoms with Crippen molar-refractivity contribution in [2.45, 2.75) is 30.7 Å². The van der Waals surface area contributed by atoms with Crippen LogP contribution in [0.3, 0.4) is 0 Å². The third-order valence-corrected chi connectivity index (χ3v) is 6.46. The van der Waals surface area contributed by atoms with Gasteiger partial charge in [0.15, 0.2) is 0 Å². The molecule has 0 bridgehead atoms. The van der Waals surface area contributed by atoms with Gasteiger partial charge in [0, 0.05) is 49.7 Å². The zero-order valence-corrected chi connectivity index (χ0v) is 16.3. The predicted molar refractivity (Wildman–Crippen MR) is 104 cm³/mol. The summed E-state index contributed by atoms with van der Waals surface area (Å²) < 4.78 is 27.1. The number of hydrogen-bond donors (Lipinski definition) is 2. The van der Waals surface area contributed by atoms with E-state index in [4.69, 9.17) is 0 Å². The first-order valence-corrected chi connectivity index (χ1v) is 10.4. The second kappa shape index (κ2) is 8.49. The molecule has 2 aromatic rings. The zero-order valence-electron chi connectivity index (χ0n) is 15.5. The molecule has 0 saturated carbocycles. The number of aromatic nitrogens is 1. The summed E-state index contributed by atoms with van der Waals surface area (Å²) in [6, 6.07) is 9.30. The van der Waals surface area contributed by atoms with Gasteiger partial charge in [-0.05, 0) is 49.2 Å². The molecule has 1 aromatic heterocycles. The van der Waals surface area contributed by atoms with Crippen LogP contribution < -0.4 is 10.6 Å². The van der Waals surface area contributed by atoms with Crippen LogP contribution in [0.2, 0.25) is 0 Å². The number of pyridine rings is 1. The summed E-state index contributed by atoms with van der Waals surface area (Å²) in [6.45, 7) is 2.05. The molecule has 1 aliphatic rings. The van der Waals surface area contributed by atoms with Crippen LogP contribution in [0.25, 0.3) is 0 Å². The van der Waals surface area contributed by atoms with Crippen LogP contribution >= 0.6 is 0 Å². The normalized spacial score (nSPS) is 15.8. The van der Waals surface area contributed by atoms with E-state index in [2.05, 4.69) is 15.6 Å². The topological polar surface area (TPSA) is 108 Å². The number of carbonyl (C=O) groups excluding carboxylic acids is 2. The first kappa shape index (κ1) is 20.0. The van der Waals surface area contributed by atoms with E-state index >= 15 is 0 Å². The van der Waals surface area contributed by atoms with Gasteiger partial charge in [-0.1, -0.05) is 0 Å². The number of benzene rings is 1. The van der Waals surface area contributed by atoms with E-state index in [9.17, 15) is 18.0 Å². The Bertz CT molecular complexity index is 938. The fraction of sp³-hybridized carbons (Fsp3) is 0.316. The van der Waals surface area contributed by atoms with Crippen molar-refractivity contribution in [3.05, 3.63) is 54.4 Å². The standard InChI is InChI=1S/C19H22N4O4S/c1-14(24)21-16-2-4-18(5-3-16)28(26,27)23-12-8-17(9-13-23)22-19(25)15-6-10-20-11-7-15/h2-7,10-11,17H,8-9,12-13H2,1H3,(H,21,24)(H,22,25). The largest absolute Gasteiger partial charge is 0.349 e. The first-order chi connectivity index (χ1) is 13.4. The quantitative estimate of drug-likeness (QED) is 0.790. The highest BCUT2D eigenvalue weighted by molar-refractivity contribution is 7.89. The maximum absolute atomic E-state index is 12.8. The molecule has 0 spiro atoms. The summed E-state index contributed by atoms with van der Waals surface area (Å²) in [7, 11) is -3.61. The number of rotatable bonds is 5. The van der Waals surface area contributed by atoms with E-state index < -0.39 is 10.0 Å². The second-order valence-corrected chi connectivity index (χ2v) is 8.53. The minimum atomic E-state index is -3.61. The lowest BCUT2D eigenvalue weighted by atomic mass is 10.1. The average Bonchev–Trinajstić information content (AvgIpc) is 2.69. The lowest BCUT2D eigenvalue weighted by molar-refractivity contribution is -0.114. The maximum atomic E-state index is 12.8. The van der Waals surface area contributed by atoms with E-state index in [1.165, 1.54) is 23.4 Å². The lowest BCUT2D eigenvalue weighted by Gasteiger charge is -2.31.